The van der Waals surface area contributed by atoms with Gasteiger partial charge in [-0.05, 0) is 49.7 Å². The summed E-state index contributed by atoms with van der Waals surface area (Å²) in [5, 5.41) is 5.08. The highest BCUT2D eigenvalue weighted by molar-refractivity contribution is 6.31. The van der Waals surface area contributed by atoms with Crippen molar-refractivity contribution in [2.24, 2.45) is 0 Å². The third kappa shape index (κ3) is 2.70. The molecule has 3 aromatic rings. The van der Waals surface area contributed by atoms with Gasteiger partial charge in [-0.15, -0.1) is 0 Å². The molecule has 0 N–H and O–H groups in total. The second kappa shape index (κ2) is 6.01. The van der Waals surface area contributed by atoms with Crippen LogP contribution in [-0.4, -0.2) is 27.2 Å². The van der Waals surface area contributed by atoms with E-state index in [0.717, 1.165) is 22.5 Å². The number of carbonyl (C=O) groups excluding carboxylic acids is 1. The Morgan fingerprint density at radius 3 is 2.84 bits per heavy atom. The van der Waals surface area contributed by atoms with E-state index < -0.39 is 0 Å². The first kappa shape index (κ1) is 15.8. The van der Waals surface area contributed by atoms with E-state index in [4.69, 9.17) is 11.6 Å². The minimum absolute atomic E-state index is 0.0673. The van der Waals surface area contributed by atoms with Crippen LogP contribution in [0.4, 0.5) is 5.69 Å². The number of anilines is 1. The number of nitrogens with zero attached hydrogens (tertiary/aromatic N) is 4. The van der Waals surface area contributed by atoms with E-state index in [1.807, 2.05) is 41.9 Å². The zero-order chi connectivity index (χ0) is 17.6. The lowest BCUT2D eigenvalue weighted by Gasteiger charge is -2.32. The van der Waals surface area contributed by atoms with Crippen molar-refractivity contribution in [3.8, 4) is 11.1 Å². The second-order valence-electron chi connectivity index (χ2n) is 6.28. The van der Waals surface area contributed by atoms with Crippen LogP contribution in [0.15, 0.2) is 48.8 Å². The number of rotatable bonds is 2. The largest absolute Gasteiger partial charge is 0.305 e. The summed E-state index contributed by atoms with van der Waals surface area (Å²) in [6.45, 7) is 4.55. The van der Waals surface area contributed by atoms with Crippen LogP contribution in [0.5, 0.6) is 0 Å². The number of pyridine rings is 1. The van der Waals surface area contributed by atoms with Crippen molar-refractivity contribution in [1.29, 1.82) is 0 Å². The number of hydrogen-bond donors (Lipinski definition) is 0. The van der Waals surface area contributed by atoms with Gasteiger partial charge in [0.25, 0.3) is 5.91 Å². The summed E-state index contributed by atoms with van der Waals surface area (Å²) in [5.41, 5.74) is 4.08. The molecule has 6 heteroatoms. The normalized spacial score (nSPS) is 16.8. The monoisotopic (exact) mass is 352 g/mol. The fourth-order valence-electron chi connectivity index (χ4n) is 3.25. The van der Waals surface area contributed by atoms with Gasteiger partial charge in [-0.1, -0.05) is 17.7 Å². The highest BCUT2D eigenvalue weighted by Gasteiger charge is 2.33. The standard InChI is InChI=1S/C19H17ClN4O/c1-12-8-14(6-7-21-12)17-10-22-24-13(2)11-23(19(25)18(17)24)16-5-3-4-15(20)9-16/h3-10,13H,11H2,1-2H3/t13-/m0/s1. The van der Waals surface area contributed by atoms with E-state index in [1.165, 1.54) is 0 Å². The predicted molar refractivity (Wildman–Crippen MR) is 98.0 cm³/mol. The molecule has 3 heterocycles. The lowest BCUT2D eigenvalue weighted by molar-refractivity contribution is 0.0954. The fourth-order valence-corrected chi connectivity index (χ4v) is 3.44. The van der Waals surface area contributed by atoms with Gasteiger partial charge in [-0.25, -0.2) is 0 Å². The molecule has 25 heavy (non-hydrogen) atoms. The molecular weight excluding hydrogens is 336 g/mol. The predicted octanol–water partition coefficient (Wildman–Crippen LogP) is 4.13. The summed E-state index contributed by atoms with van der Waals surface area (Å²) in [7, 11) is 0. The van der Waals surface area contributed by atoms with Crippen molar-refractivity contribution >= 4 is 23.2 Å². The molecular formula is C19H17ClN4O. The number of halogens is 1. The smallest absolute Gasteiger partial charge is 0.277 e. The Morgan fingerprint density at radius 1 is 1.24 bits per heavy atom. The average molecular weight is 353 g/mol. The molecule has 0 bridgehead atoms. The Balaban J connectivity index is 1.83. The molecule has 1 aliphatic heterocycles. The maximum Gasteiger partial charge on any atom is 0.277 e. The summed E-state index contributed by atoms with van der Waals surface area (Å²) in [5.74, 6) is -0.0673. The van der Waals surface area contributed by atoms with Gasteiger partial charge in [0.2, 0.25) is 0 Å². The third-order valence-corrected chi connectivity index (χ3v) is 4.67. The molecule has 4 rings (SSSR count). The molecule has 126 valence electrons. The molecule has 0 spiro atoms. The Hall–Kier alpha value is -2.66. The van der Waals surface area contributed by atoms with Crippen LogP contribution < -0.4 is 4.90 Å². The van der Waals surface area contributed by atoms with Crippen molar-refractivity contribution in [3.63, 3.8) is 0 Å². The molecule has 0 fully saturated rings. The molecule has 1 atom stereocenters. The van der Waals surface area contributed by atoms with Crippen LogP contribution in [0.2, 0.25) is 5.02 Å². The van der Waals surface area contributed by atoms with E-state index in [2.05, 4.69) is 17.0 Å². The molecule has 0 unspecified atom stereocenters. The SMILES string of the molecule is Cc1cc(-c2cnn3c2C(=O)N(c2cccc(Cl)c2)C[C@@H]3C)ccn1. The van der Waals surface area contributed by atoms with Crippen molar-refractivity contribution in [3.05, 3.63) is 65.2 Å². The van der Waals surface area contributed by atoms with Crippen LogP contribution in [0.25, 0.3) is 11.1 Å². The summed E-state index contributed by atoms with van der Waals surface area (Å²) in [6.07, 6.45) is 3.51. The summed E-state index contributed by atoms with van der Waals surface area (Å²) >= 11 is 6.11. The topological polar surface area (TPSA) is 51.0 Å². The Labute approximate surface area is 150 Å². The van der Waals surface area contributed by atoms with Crippen molar-refractivity contribution in [2.75, 3.05) is 11.4 Å². The molecule has 1 aromatic carbocycles. The number of amides is 1. The number of benzene rings is 1. The van der Waals surface area contributed by atoms with Gasteiger partial charge in [-0.3, -0.25) is 14.5 Å². The number of hydrogen-bond acceptors (Lipinski definition) is 3. The summed E-state index contributed by atoms with van der Waals surface area (Å²) < 4.78 is 1.81. The summed E-state index contributed by atoms with van der Waals surface area (Å²) in [6, 6.07) is 11.3. The molecule has 0 saturated heterocycles. The Bertz CT molecular complexity index is 966. The quantitative estimate of drug-likeness (QED) is 0.696. The molecule has 5 nitrogen and oxygen atoms in total. The zero-order valence-corrected chi connectivity index (χ0v) is 14.7. The Kier molecular flexibility index (Phi) is 3.81. The number of fused-ring (bicyclic) bond motifs is 1. The van der Waals surface area contributed by atoms with Crippen molar-refractivity contribution in [2.45, 2.75) is 19.9 Å². The highest BCUT2D eigenvalue weighted by Crippen LogP contribution is 2.33. The number of aryl methyl sites for hydroxylation is 1. The first-order chi connectivity index (χ1) is 12.0. The van der Waals surface area contributed by atoms with E-state index in [9.17, 15) is 4.79 Å². The lowest BCUT2D eigenvalue weighted by Crippen LogP contribution is -2.42. The van der Waals surface area contributed by atoms with E-state index in [0.29, 0.717) is 17.3 Å². The summed E-state index contributed by atoms with van der Waals surface area (Å²) in [4.78, 5) is 19.2. The van der Waals surface area contributed by atoms with Gasteiger partial charge in [0.1, 0.15) is 5.69 Å². The van der Waals surface area contributed by atoms with Crippen LogP contribution in [0, 0.1) is 6.92 Å². The van der Waals surface area contributed by atoms with Crippen LogP contribution in [-0.2, 0) is 0 Å². The second-order valence-corrected chi connectivity index (χ2v) is 6.72. The first-order valence-electron chi connectivity index (χ1n) is 8.12. The lowest BCUT2D eigenvalue weighted by atomic mass is 10.0. The van der Waals surface area contributed by atoms with Crippen LogP contribution >= 0.6 is 11.6 Å². The first-order valence-corrected chi connectivity index (χ1v) is 8.50. The molecule has 2 aromatic heterocycles. The fraction of sp³-hybridized carbons (Fsp3) is 0.211. The Morgan fingerprint density at radius 2 is 2.08 bits per heavy atom. The van der Waals surface area contributed by atoms with Crippen molar-refractivity contribution in [1.82, 2.24) is 14.8 Å². The number of aromatic nitrogens is 3. The highest BCUT2D eigenvalue weighted by atomic mass is 35.5. The minimum Gasteiger partial charge on any atom is -0.305 e. The van der Waals surface area contributed by atoms with Gasteiger partial charge in [0.05, 0.1) is 12.2 Å². The number of carbonyl (C=O) groups is 1. The van der Waals surface area contributed by atoms with Crippen molar-refractivity contribution < 1.29 is 4.79 Å². The molecule has 1 aliphatic rings. The van der Waals surface area contributed by atoms with Gasteiger partial charge in [-0.2, -0.15) is 5.10 Å². The van der Waals surface area contributed by atoms with Gasteiger partial charge >= 0.3 is 0 Å². The van der Waals surface area contributed by atoms with E-state index in [-0.39, 0.29) is 11.9 Å². The maximum absolute atomic E-state index is 13.2. The maximum atomic E-state index is 13.2. The minimum atomic E-state index is -0.0673. The molecule has 0 saturated carbocycles. The van der Waals surface area contributed by atoms with E-state index in [1.54, 1.807) is 23.4 Å². The van der Waals surface area contributed by atoms with Gasteiger partial charge in [0, 0.05) is 34.7 Å². The molecule has 0 radical (unpaired) electrons. The van der Waals surface area contributed by atoms with Crippen LogP contribution in [0.3, 0.4) is 0 Å². The third-order valence-electron chi connectivity index (χ3n) is 4.44. The average Bonchev–Trinajstić information content (AvgIpc) is 3.04. The van der Waals surface area contributed by atoms with E-state index >= 15 is 0 Å². The van der Waals surface area contributed by atoms with Gasteiger partial charge in [0.15, 0.2) is 0 Å². The zero-order valence-electron chi connectivity index (χ0n) is 14.0. The molecule has 1 amide bonds. The molecule has 0 aliphatic carbocycles. The van der Waals surface area contributed by atoms with Crippen LogP contribution in [0.1, 0.15) is 29.1 Å². The van der Waals surface area contributed by atoms with Gasteiger partial charge < -0.3 is 4.90 Å².